The van der Waals surface area contributed by atoms with Gasteiger partial charge in [0.25, 0.3) is 0 Å². The molecule has 1 unspecified atom stereocenters. The number of amides is 1. The van der Waals surface area contributed by atoms with Gasteiger partial charge in [0.1, 0.15) is 0 Å². The molecule has 5 N–H and O–H groups in total. The molecule has 3 fully saturated rings. The summed E-state index contributed by atoms with van der Waals surface area (Å²) in [5, 5.41) is 20.2. The van der Waals surface area contributed by atoms with E-state index in [-0.39, 0.29) is 36.5 Å². The van der Waals surface area contributed by atoms with E-state index in [1.165, 1.54) is 0 Å². The molecule has 3 aliphatic rings. The zero-order valence-electron chi connectivity index (χ0n) is 19.0. The molecule has 0 aromatic carbocycles. The van der Waals surface area contributed by atoms with E-state index in [0.29, 0.717) is 26.4 Å². The molecule has 3 heterocycles. The summed E-state index contributed by atoms with van der Waals surface area (Å²) in [6.45, 7) is 4.01. The molecule has 0 saturated carbocycles. The van der Waals surface area contributed by atoms with Gasteiger partial charge in [0, 0.05) is 51.5 Å². The van der Waals surface area contributed by atoms with Crippen LogP contribution >= 0.6 is 0 Å². The first kappa shape index (κ1) is 24.7. The van der Waals surface area contributed by atoms with E-state index in [1.807, 2.05) is 9.80 Å². The number of aliphatic carboxylic acids is 1. The van der Waals surface area contributed by atoms with Crippen LogP contribution in [0.2, 0.25) is 0 Å². The highest BCUT2D eigenvalue weighted by Gasteiger charge is 2.34. The van der Waals surface area contributed by atoms with Crippen LogP contribution in [0, 0.1) is 5.41 Å². The van der Waals surface area contributed by atoms with Crippen molar-refractivity contribution in [2.45, 2.75) is 82.0 Å². The highest BCUT2D eigenvalue weighted by Crippen LogP contribution is 2.23. The van der Waals surface area contributed by atoms with Gasteiger partial charge in [0.05, 0.1) is 18.6 Å². The zero-order chi connectivity index (χ0) is 22.9. The van der Waals surface area contributed by atoms with Crippen molar-refractivity contribution in [2.24, 2.45) is 5.73 Å². The van der Waals surface area contributed by atoms with E-state index in [1.54, 1.807) is 0 Å². The zero-order valence-corrected chi connectivity index (χ0v) is 19.0. The number of nitrogens with two attached hydrogens (primary N) is 1. The first-order chi connectivity index (χ1) is 15.4. The van der Waals surface area contributed by atoms with Crippen LogP contribution < -0.4 is 11.1 Å². The Labute approximate surface area is 190 Å². The minimum atomic E-state index is -0.961. The van der Waals surface area contributed by atoms with Gasteiger partial charge < -0.3 is 35.4 Å². The number of carboxylic acids is 1. The molecule has 3 saturated heterocycles. The number of ether oxygens (including phenoxy) is 2. The molecule has 2 atom stereocenters. The number of carboxylic acid groups (broad SMARTS) is 1. The Morgan fingerprint density at radius 1 is 1.12 bits per heavy atom. The lowest BCUT2D eigenvalue weighted by Crippen LogP contribution is -2.55. The molecule has 0 aliphatic carbocycles. The number of carbonyl (C=O) groups is 2. The molecule has 182 valence electrons. The Bertz CT molecular complexity index is 634. The number of rotatable bonds is 9. The van der Waals surface area contributed by atoms with Gasteiger partial charge in [-0.2, -0.15) is 0 Å². The number of hydrogen-bond donors (Lipinski definition) is 4. The van der Waals surface area contributed by atoms with Crippen LogP contribution in [-0.2, 0) is 19.1 Å². The van der Waals surface area contributed by atoms with Gasteiger partial charge >= 0.3 is 5.97 Å². The standard InChI is InChI=1S/C22H39N5O5/c23-22(24)26-10-4-18(5-11-26)32-14-8-17-3-1-2-9-27(17)21(30)19(15-20(28)29)25-16-6-12-31-13-7-16/h16-19,25H,1-15H2,(H3,23,24)(H,28,29)/t17?,19-/m0/s1. The lowest BCUT2D eigenvalue weighted by atomic mass is 9.97. The summed E-state index contributed by atoms with van der Waals surface area (Å²) >= 11 is 0. The predicted molar refractivity (Wildman–Crippen MR) is 119 cm³/mol. The van der Waals surface area contributed by atoms with E-state index in [9.17, 15) is 14.7 Å². The Morgan fingerprint density at radius 3 is 2.50 bits per heavy atom. The average Bonchev–Trinajstić information content (AvgIpc) is 2.79. The summed E-state index contributed by atoms with van der Waals surface area (Å²) in [7, 11) is 0. The Hall–Kier alpha value is -1.91. The summed E-state index contributed by atoms with van der Waals surface area (Å²) in [6, 6.07) is -0.501. The third-order valence-corrected chi connectivity index (χ3v) is 6.83. The van der Waals surface area contributed by atoms with E-state index >= 15 is 0 Å². The molecule has 32 heavy (non-hydrogen) atoms. The number of likely N-dealkylation sites (tertiary alicyclic amines) is 2. The molecule has 10 heteroatoms. The van der Waals surface area contributed by atoms with Crippen molar-refractivity contribution in [3.8, 4) is 0 Å². The lowest BCUT2D eigenvalue weighted by Gasteiger charge is -2.39. The van der Waals surface area contributed by atoms with Crippen LogP contribution in [-0.4, -0.2) is 96.4 Å². The fourth-order valence-electron chi connectivity index (χ4n) is 4.97. The van der Waals surface area contributed by atoms with Crippen molar-refractivity contribution in [3.05, 3.63) is 0 Å². The van der Waals surface area contributed by atoms with E-state index in [0.717, 1.165) is 64.5 Å². The second-order valence-electron chi connectivity index (χ2n) is 9.12. The maximum absolute atomic E-state index is 13.4. The van der Waals surface area contributed by atoms with Gasteiger partial charge in [-0.1, -0.05) is 0 Å². The minimum absolute atomic E-state index is 0.0846. The van der Waals surface area contributed by atoms with Gasteiger partial charge in [-0.25, -0.2) is 0 Å². The monoisotopic (exact) mass is 453 g/mol. The Balaban J connectivity index is 1.51. The van der Waals surface area contributed by atoms with Crippen molar-refractivity contribution in [1.29, 1.82) is 5.41 Å². The molecular formula is C22H39N5O5. The van der Waals surface area contributed by atoms with Crippen LogP contribution in [0.5, 0.6) is 0 Å². The quantitative estimate of drug-likeness (QED) is 0.296. The van der Waals surface area contributed by atoms with E-state index in [4.69, 9.17) is 20.6 Å². The van der Waals surface area contributed by atoms with E-state index in [2.05, 4.69) is 5.32 Å². The maximum Gasteiger partial charge on any atom is 0.305 e. The second-order valence-corrected chi connectivity index (χ2v) is 9.12. The van der Waals surface area contributed by atoms with Crippen LogP contribution in [0.15, 0.2) is 0 Å². The average molecular weight is 454 g/mol. The molecule has 3 aliphatic heterocycles. The first-order valence-electron chi connectivity index (χ1n) is 12.0. The molecule has 1 amide bonds. The smallest absolute Gasteiger partial charge is 0.305 e. The number of guanidine groups is 1. The minimum Gasteiger partial charge on any atom is -0.481 e. The molecule has 0 aromatic rings. The second kappa shape index (κ2) is 12.4. The van der Waals surface area contributed by atoms with Crippen molar-refractivity contribution in [3.63, 3.8) is 0 Å². The lowest BCUT2D eigenvalue weighted by molar-refractivity contribution is -0.145. The molecule has 10 nitrogen and oxygen atoms in total. The van der Waals surface area contributed by atoms with Crippen LogP contribution in [0.4, 0.5) is 0 Å². The van der Waals surface area contributed by atoms with Gasteiger partial charge in [-0.05, 0) is 51.4 Å². The van der Waals surface area contributed by atoms with Crippen molar-refractivity contribution in [2.75, 3.05) is 39.5 Å². The molecule has 3 rings (SSSR count). The summed E-state index contributed by atoms with van der Waals surface area (Å²) in [5.41, 5.74) is 5.55. The predicted octanol–water partition coefficient (Wildman–Crippen LogP) is 0.744. The first-order valence-corrected chi connectivity index (χ1v) is 12.0. The summed E-state index contributed by atoms with van der Waals surface area (Å²) < 4.78 is 11.5. The topological polar surface area (TPSA) is 141 Å². The molecule has 0 aromatic heterocycles. The SMILES string of the molecule is N=C(N)N1CCC(OCCC2CCCCN2C(=O)[C@H](CC(=O)O)NC2CCOCC2)CC1. The summed E-state index contributed by atoms with van der Waals surface area (Å²) in [4.78, 5) is 28.6. The molecule has 0 spiro atoms. The summed E-state index contributed by atoms with van der Waals surface area (Å²) in [5.74, 6) is -0.944. The highest BCUT2D eigenvalue weighted by molar-refractivity contribution is 5.86. The normalized spacial score (nSPS) is 24.3. The van der Waals surface area contributed by atoms with Crippen molar-refractivity contribution < 1.29 is 24.2 Å². The number of nitrogens with zero attached hydrogens (tertiary/aromatic N) is 2. The maximum atomic E-state index is 13.4. The third kappa shape index (κ3) is 7.31. The number of piperidine rings is 2. The summed E-state index contributed by atoms with van der Waals surface area (Å²) in [6.07, 6.45) is 6.95. The fourth-order valence-corrected chi connectivity index (χ4v) is 4.97. The van der Waals surface area contributed by atoms with Crippen molar-refractivity contribution in [1.82, 2.24) is 15.1 Å². The third-order valence-electron chi connectivity index (χ3n) is 6.83. The van der Waals surface area contributed by atoms with Gasteiger partial charge in [0.15, 0.2) is 5.96 Å². The van der Waals surface area contributed by atoms with Crippen molar-refractivity contribution >= 4 is 17.8 Å². The van der Waals surface area contributed by atoms with Crippen LogP contribution in [0.3, 0.4) is 0 Å². The van der Waals surface area contributed by atoms with Crippen LogP contribution in [0.25, 0.3) is 0 Å². The van der Waals surface area contributed by atoms with E-state index < -0.39 is 12.0 Å². The number of carbonyl (C=O) groups excluding carboxylic acids is 1. The molecule has 0 radical (unpaired) electrons. The van der Waals surface area contributed by atoms with Crippen LogP contribution in [0.1, 0.15) is 57.8 Å². The molecular weight excluding hydrogens is 414 g/mol. The molecule has 0 bridgehead atoms. The highest BCUT2D eigenvalue weighted by atomic mass is 16.5. The fraction of sp³-hybridized carbons (Fsp3) is 0.864. The number of hydrogen-bond acceptors (Lipinski definition) is 6. The Kier molecular flexibility index (Phi) is 9.55. The Morgan fingerprint density at radius 2 is 1.84 bits per heavy atom. The largest absolute Gasteiger partial charge is 0.481 e. The van der Waals surface area contributed by atoms with Gasteiger partial charge in [0.2, 0.25) is 5.91 Å². The van der Waals surface area contributed by atoms with Gasteiger partial charge in [-0.3, -0.25) is 15.0 Å². The van der Waals surface area contributed by atoms with Gasteiger partial charge in [-0.15, -0.1) is 0 Å². The number of nitrogens with one attached hydrogen (secondary N) is 2.